The fourth-order valence-electron chi connectivity index (χ4n) is 3.36. The van der Waals surface area contributed by atoms with Crippen LogP contribution in [-0.4, -0.2) is 50.7 Å². The molecule has 2 aliphatic heterocycles. The first-order chi connectivity index (χ1) is 12.3. The van der Waals surface area contributed by atoms with Gasteiger partial charge in [-0.25, -0.2) is 8.42 Å². The van der Waals surface area contributed by atoms with Gasteiger partial charge in [0.1, 0.15) is 19.3 Å². The first-order valence-corrected chi connectivity index (χ1v) is 11.3. The van der Waals surface area contributed by atoms with Crippen molar-refractivity contribution in [2.45, 2.75) is 38.3 Å². The predicted octanol–water partition coefficient (Wildman–Crippen LogP) is 2.21. The molecule has 0 aromatic heterocycles. The number of carbonyl (C=O) groups is 1. The van der Waals surface area contributed by atoms with Crippen LogP contribution < -0.4 is 14.8 Å². The summed E-state index contributed by atoms with van der Waals surface area (Å²) < 4.78 is 37.2. The quantitative estimate of drug-likeness (QED) is 0.765. The lowest BCUT2D eigenvalue weighted by Gasteiger charge is -2.33. The zero-order valence-electron chi connectivity index (χ0n) is 14.8. The lowest BCUT2D eigenvalue weighted by atomic mass is 10.0. The van der Waals surface area contributed by atoms with Crippen LogP contribution in [0.4, 0.5) is 0 Å². The van der Waals surface area contributed by atoms with Gasteiger partial charge in [-0.2, -0.15) is 4.31 Å². The summed E-state index contributed by atoms with van der Waals surface area (Å²) in [6.07, 6.45) is 3.31. The molecule has 2 aliphatic rings. The number of nitrogens with one attached hydrogen (secondary N) is 1. The Bertz CT molecular complexity index is 799. The second-order valence-corrected chi connectivity index (χ2v) is 9.42. The molecule has 0 spiro atoms. The number of benzene rings is 1. The van der Waals surface area contributed by atoms with Crippen LogP contribution in [0, 0.1) is 0 Å². The third-order valence-electron chi connectivity index (χ3n) is 4.67. The van der Waals surface area contributed by atoms with Crippen LogP contribution in [0.1, 0.15) is 37.8 Å². The third-order valence-corrected chi connectivity index (χ3v) is 6.64. The Morgan fingerprint density at radius 1 is 1.27 bits per heavy atom. The van der Waals surface area contributed by atoms with E-state index in [0.717, 1.165) is 29.1 Å². The molecule has 9 heteroatoms. The molecule has 144 valence electrons. The van der Waals surface area contributed by atoms with Crippen molar-refractivity contribution in [3.8, 4) is 11.5 Å². The average Bonchev–Trinajstić information content (AvgIpc) is 2.60. The standard InChI is InChI=1S/C17H23BrN2O5S/c1-11(12-9-15-16(10-13(12)18)25-8-7-24-15)19-17(21)14-5-3-4-6-20(14)26(2,22)23/h9-11,14H,3-8H2,1-2H3,(H,19,21). The zero-order valence-corrected chi connectivity index (χ0v) is 17.2. The van der Waals surface area contributed by atoms with Crippen molar-refractivity contribution < 1.29 is 22.7 Å². The van der Waals surface area contributed by atoms with Gasteiger partial charge in [0, 0.05) is 11.0 Å². The predicted molar refractivity (Wildman–Crippen MR) is 101 cm³/mol. The molecule has 1 saturated heterocycles. The normalized spacial score (nSPS) is 21.9. The van der Waals surface area contributed by atoms with Crippen molar-refractivity contribution in [2.24, 2.45) is 0 Å². The number of piperidine rings is 1. The molecule has 1 fully saturated rings. The lowest BCUT2D eigenvalue weighted by Crippen LogP contribution is -2.51. The van der Waals surface area contributed by atoms with Gasteiger partial charge in [0.15, 0.2) is 11.5 Å². The largest absolute Gasteiger partial charge is 0.486 e. The summed E-state index contributed by atoms with van der Waals surface area (Å²) in [5.74, 6) is 1.04. The Balaban J connectivity index is 1.77. The summed E-state index contributed by atoms with van der Waals surface area (Å²) in [7, 11) is -3.41. The number of sulfonamides is 1. The number of nitrogens with zero attached hydrogens (tertiary/aromatic N) is 1. The van der Waals surface area contributed by atoms with E-state index in [0.29, 0.717) is 37.7 Å². The van der Waals surface area contributed by atoms with E-state index >= 15 is 0 Å². The number of halogens is 1. The van der Waals surface area contributed by atoms with Crippen LogP contribution in [-0.2, 0) is 14.8 Å². The molecular weight excluding hydrogens is 424 g/mol. The van der Waals surface area contributed by atoms with Gasteiger partial charge >= 0.3 is 0 Å². The first-order valence-electron chi connectivity index (χ1n) is 8.63. The molecule has 2 atom stereocenters. The molecule has 1 N–H and O–H groups in total. The first kappa shape index (κ1) is 19.4. The summed E-state index contributed by atoms with van der Waals surface area (Å²) in [6, 6.07) is 2.71. The molecule has 1 aromatic rings. The summed E-state index contributed by atoms with van der Waals surface area (Å²) in [6.45, 7) is 3.25. The number of hydrogen-bond donors (Lipinski definition) is 1. The summed E-state index contributed by atoms with van der Waals surface area (Å²) in [5, 5.41) is 2.94. The maximum absolute atomic E-state index is 12.8. The highest BCUT2D eigenvalue weighted by molar-refractivity contribution is 9.10. The Morgan fingerprint density at radius 3 is 2.58 bits per heavy atom. The van der Waals surface area contributed by atoms with Gasteiger partial charge in [-0.15, -0.1) is 0 Å². The molecule has 26 heavy (non-hydrogen) atoms. The van der Waals surface area contributed by atoms with E-state index in [4.69, 9.17) is 9.47 Å². The van der Waals surface area contributed by atoms with Crippen LogP contribution in [0.2, 0.25) is 0 Å². The van der Waals surface area contributed by atoms with E-state index in [2.05, 4.69) is 21.2 Å². The van der Waals surface area contributed by atoms with E-state index in [1.54, 1.807) is 0 Å². The van der Waals surface area contributed by atoms with Gasteiger partial charge in [0.25, 0.3) is 0 Å². The fraction of sp³-hybridized carbons (Fsp3) is 0.588. The molecule has 0 bridgehead atoms. The number of amides is 1. The van der Waals surface area contributed by atoms with Crippen LogP contribution in [0.5, 0.6) is 11.5 Å². The average molecular weight is 447 g/mol. The van der Waals surface area contributed by atoms with Crippen LogP contribution in [0.15, 0.2) is 16.6 Å². The van der Waals surface area contributed by atoms with E-state index < -0.39 is 16.1 Å². The van der Waals surface area contributed by atoms with Crippen molar-refractivity contribution in [2.75, 3.05) is 26.0 Å². The SMILES string of the molecule is CC(NC(=O)C1CCCCN1S(C)(=O)=O)c1cc2c(cc1Br)OCCO2. The number of ether oxygens (including phenoxy) is 2. The van der Waals surface area contributed by atoms with Gasteiger partial charge in [0.05, 0.1) is 12.3 Å². The molecular formula is C17H23BrN2O5S. The van der Waals surface area contributed by atoms with Crippen LogP contribution in [0.25, 0.3) is 0 Å². The summed E-state index contributed by atoms with van der Waals surface area (Å²) in [5.41, 5.74) is 0.851. The van der Waals surface area contributed by atoms with Gasteiger partial charge in [-0.05, 0) is 37.5 Å². The Morgan fingerprint density at radius 2 is 1.92 bits per heavy atom. The van der Waals surface area contributed by atoms with Crippen molar-refractivity contribution in [3.63, 3.8) is 0 Å². The highest BCUT2D eigenvalue weighted by Gasteiger charge is 2.35. The summed E-state index contributed by atoms with van der Waals surface area (Å²) >= 11 is 3.51. The van der Waals surface area contributed by atoms with E-state index in [-0.39, 0.29) is 11.9 Å². The Labute approximate surface area is 162 Å². The third kappa shape index (κ3) is 4.15. The zero-order chi connectivity index (χ0) is 18.9. The van der Waals surface area contributed by atoms with E-state index in [1.807, 2.05) is 19.1 Å². The highest BCUT2D eigenvalue weighted by atomic mass is 79.9. The number of carbonyl (C=O) groups excluding carboxylic acids is 1. The van der Waals surface area contributed by atoms with Gasteiger partial charge < -0.3 is 14.8 Å². The molecule has 1 aromatic carbocycles. The summed E-state index contributed by atoms with van der Waals surface area (Å²) in [4.78, 5) is 12.8. The monoisotopic (exact) mass is 446 g/mol. The topological polar surface area (TPSA) is 84.9 Å². The van der Waals surface area contributed by atoms with Gasteiger partial charge in [-0.3, -0.25) is 4.79 Å². The molecule has 7 nitrogen and oxygen atoms in total. The van der Waals surface area contributed by atoms with Crippen molar-refractivity contribution in [3.05, 3.63) is 22.2 Å². The molecule has 2 unspecified atom stereocenters. The molecule has 2 heterocycles. The van der Waals surface area contributed by atoms with Crippen molar-refractivity contribution >= 4 is 31.9 Å². The molecule has 0 saturated carbocycles. The second-order valence-electron chi connectivity index (χ2n) is 6.63. The maximum Gasteiger partial charge on any atom is 0.238 e. The minimum absolute atomic E-state index is 0.274. The van der Waals surface area contributed by atoms with Crippen molar-refractivity contribution in [1.82, 2.24) is 9.62 Å². The van der Waals surface area contributed by atoms with Crippen molar-refractivity contribution in [1.29, 1.82) is 0 Å². The Hall–Kier alpha value is -1.32. The second kappa shape index (κ2) is 7.74. The maximum atomic E-state index is 12.8. The molecule has 1 amide bonds. The van der Waals surface area contributed by atoms with E-state index in [9.17, 15) is 13.2 Å². The Kier molecular flexibility index (Phi) is 5.78. The lowest BCUT2D eigenvalue weighted by molar-refractivity contribution is -0.126. The van der Waals surface area contributed by atoms with Gasteiger partial charge in [0.2, 0.25) is 15.9 Å². The smallest absolute Gasteiger partial charge is 0.238 e. The van der Waals surface area contributed by atoms with Crippen LogP contribution in [0.3, 0.4) is 0 Å². The molecule has 3 rings (SSSR count). The van der Waals surface area contributed by atoms with E-state index in [1.165, 1.54) is 4.31 Å². The highest BCUT2D eigenvalue weighted by Crippen LogP contribution is 2.37. The van der Waals surface area contributed by atoms with Gasteiger partial charge in [-0.1, -0.05) is 22.4 Å². The molecule has 0 aliphatic carbocycles. The number of hydrogen-bond acceptors (Lipinski definition) is 5. The number of fused-ring (bicyclic) bond motifs is 1. The molecule has 0 radical (unpaired) electrons. The fourth-order valence-corrected chi connectivity index (χ4v) is 5.15. The minimum atomic E-state index is -3.41. The number of rotatable bonds is 4. The van der Waals surface area contributed by atoms with Crippen LogP contribution >= 0.6 is 15.9 Å². The minimum Gasteiger partial charge on any atom is -0.486 e.